The molecule has 0 aromatic heterocycles. The van der Waals surface area contributed by atoms with Crippen LogP contribution in [-0.2, 0) is 9.09 Å². The van der Waals surface area contributed by atoms with Crippen molar-refractivity contribution in [3.05, 3.63) is 12.7 Å². The summed E-state index contributed by atoms with van der Waals surface area (Å²) in [6, 6.07) is 0. The van der Waals surface area contributed by atoms with E-state index in [1.54, 1.807) is 0 Å². The molecule has 0 fully saturated rings. The Balaban J connectivity index is 3.88. The van der Waals surface area contributed by atoms with Crippen LogP contribution < -0.4 is 0 Å². The minimum Gasteiger partial charge on any atom is -0.323 e. The van der Waals surface area contributed by atoms with E-state index in [-0.39, 0.29) is 0 Å². The Hall–Kier alpha value is -0.950. The molecule has 0 aliphatic carbocycles. The first-order valence-electron chi connectivity index (χ1n) is 8.10. The second kappa shape index (κ2) is 11.6. The first-order chi connectivity index (χ1) is 10.4. The minimum absolute atomic E-state index is 0.425. The molecule has 0 aromatic rings. The van der Waals surface area contributed by atoms with Crippen molar-refractivity contribution in [3.8, 4) is 23.4 Å². The normalized spacial score (nSPS) is 13.3. The fourth-order valence-corrected chi connectivity index (χ4v) is 3.05. The third kappa shape index (κ3) is 9.15. The number of rotatable bonds is 8. The van der Waals surface area contributed by atoms with Crippen molar-refractivity contribution in [2.24, 2.45) is 0 Å². The molecule has 0 bridgehead atoms. The predicted octanol–water partition coefficient (Wildman–Crippen LogP) is 5.98. The fraction of sp³-hybridized carbons (Fsp3) is 0.684. The van der Waals surface area contributed by atoms with Crippen molar-refractivity contribution in [1.82, 2.24) is 0 Å². The molecule has 0 rings (SSSR count). The summed E-state index contributed by atoms with van der Waals surface area (Å²) in [4.78, 5) is 0. The summed E-state index contributed by atoms with van der Waals surface area (Å²) in [5.74, 6) is 9.42. The van der Waals surface area contributed by atoms with Crippen LogP contribution in [0.25, 0.3) is 0 Å². The Morgan fingerprint density at radius 1 is 1.00 bits per heavy atom. The highest BCUT2D eigenvalue weighted by Gasteiger charge is 2.35. The molecular weight excluding hydrogens is 291 g/mol. The van der Waals surface area contributed by atoms with Gasteiger partial charge in [0.25, 0.3) is 7.37 Å². The van der Waals surface area contributed by atoms with Gasteiger partial charge in [-0.15, -0.1) is 18.4 Å². The molecule has 1 atom stereocenters. The molecule has 0 N–H and O–H groups in total. The van der Waals surface area contributed by atoms with E-state index in [2.05, 4.69) is 30.0 Å². The molecule has 1 unspecified atom stereocenters. The van der Waals surface area contributed by atoms with Crippen molar-refractivity contribution in [2.45, 2.75) is 77.3 Å². The van der Waals surface area contributed by atoms with Crippen LogP contribution in [-0.4, -0.2) is 12.3 Å². The van der Waals surface area contributed by atoms with E-state index in [0.29, 0.717) is 0 Å². The summed E-state index contributed by atoms with van der Waals surface area (Å²) in [5, 5.41) is -0.425. The van der Waals surface area contributed by atoms with E-state index >= 15 is 0 Å². The van der Waals surface area contributed by atoms with Gasteiger partial charge in [-0.1, -0.05) is 32.8 Å². The van der Waals surface area contributed by atoms with E-state index < -0.39 is 12.5 Å². The molecule has 0 saturated heterocycles. The minimum atomic E-state index is -2.86. The average molecular weight is 322 g/mol. The van der Waals surface area contributed by atoms with Crippen LogP contribution in [0.15, 0.2) is 12.7 Å². The monoisotopic (exact) mass is 322 g/mol. The highest BCUT2D eigenvalue weighted by atomic mass is 31.2. The van der Waals surface area contributed by atoms with E-state index in [0.717, 1.165) is 44.9 Å². The van der Waals surface area contributed by atoms with E-state index in [4.69, 9.17) is 4.52 Å². The predicted molar refractivity (Wildman–Crippen MR) is 97.1 cm³/mol. The van der Waals surface area contributed by atoms with Crippen LogP contribution in [0.4, 0.5) is 0 Å². The summed E-state index contributed by atoms with van der Waals surface area (Å²) in [6.45, 7) is 9.40. The third-order valence-corrected chi connectivity index (χ3v) is 6.04. The van der Waals surface area contributed by atoms with Crippen LogP contribution in [0.3, 0.4) is 0 Å². The SMILES string of the molecule is C=CCCCCC#CCCCCC#CP(=O)(OC)C(C)(C)C. The molecule has 0 aliphatic rings. The second-order valence-corrected chi connectivity index (χ2v) is 9.32. The Labute approximate surface area is 137 Å². The molecule has 0 aromatic carbocycles. The van der Waals surface area contributed by atoms with E-state index in [1.807, 2.05) is 26.8 Å². The van der Waals surface area contributed by atoms with Gasteiger partial charge >= 0.3 is 0 Å². The molecule has 124 valence electrons. The standard InChI is InChI=1S/C19H31O2P/c1-6-7-8-9-10-11-12-13-14-15-16-17-18-22(20,21-5)19(2,3)4/h6H,1,7-10,13-16H2,2-5H3. The van der Waals surface area contributed by atoms with Gasteiger partial charge in [-0.2, -0.15) is 0 Å². The van der Waals surface area contributed by atoms with Gasteiger partial charge in [-0.25, -0.2) is 0 Å². The lowest BCUT2D eigenvalue weighted by atomic mass is 10.1. The summed E-state index contributed by atoms with van der Waals surface area (Å²) in [5.41, 5.74) is 2.86. The lowest BCUT2D eigenvalue weighted by Gasteiger charge is -2.24. The molecule has 0 radical (unpaired) electrons. The summed E-state index contributed by atoms with van der Waals surface area (Å²) in [7, 11) is -1.38. The number of hydrogen-bond donors (Lipinski definition) is 0. The molecule has 22 heavy (non-hydrogen) atoms. The van der Waals surface area contributed by atoms with Crippen molar-refractivity contribution >= 4 is 7.37 Å². The maximum absolute atomic E-state index is 12.5. The average Bonchev–Trinajstić information content (AvgIpc) is 2.47. The Kier molecular flexibility index (Phi) is 11.1. The van der Waals surface area contributed by atoms with Gasteiger partial charge in [0.1, 0.15) is 0 Å². The Bertz CT molecular complexity index is 478. The summed E-state index contributed by atoms with van der Waals surface area (Å²) >= 11 is 0. The lowest BCUT2D eigenvalue weighted by Crippen LogP contribution is -2.14. The Morgan fingerprint density at radius 3 is 1.95 bits per heavy atom. The Morgan fingerprint density at radius 2 is 1.50 bits per heavy atom. The van der Waals surface area contributed by atoms with Crippen molar-refractivity contribution in [2.75, 3.05) is 7.11 Å². The van der Waals surface area contributed by atoms with Gasteiger partial charge in [-0.3, -0.25) is 4.57 Å². The van der Waals surface area contributed by atoms with E-state index in [9.17, 15) is 4.57 Å². The van der Waals surface area contributed by atoms with Gasteiger partial charge < -0.3 is 4.52 Å². The first kappa shape index (κ1) is 21.0. The molecule has 2 nitrogen and oxygen atoms in total. The van der Waals surface area contributed by atoms with Crippen LogP contribution >= 0.6 is 7.37 Å². The highest BCUT2D eigenvalue weighted by molar-refractivity contribution is 7.65. The zero-order valence-corrected chi connectivity index (χ0v) is 15.6. The molecule has 0 heterocycles. The molecule has 0 spiro atoms. The second-order valence-electron chi connectivity index (χ2n) is 6.29. The smallest absolute Gasteiger partial charge is 0.278 e. The lowest BCUT2D eigenvalue weighted by molar-refractivity contribution is 0.382. The molecule has 0 amide bonds. The third-order valence-electron chi connectivity index (χ3n) is 3.31. The zero-order valence-electron chi connectivity index (χ0n) is 14.7. The van der Waals surface area contributed by atoms with Gasteiger partial charge in [0.05, 0.1) is 5.16 Å². The van der Waals surface area contributed by atoms with Crippen LogP contribution in [0, 0.1) is 23.4 Å². The topological polar surface area (TPSA) is 26.3 Å². The number of unbranched alkanes of at least 4 members (excludes halogenated alkanes) is 6. The van der Waals surface area contributed by atoms with Crippen molar-refractivity contribution in [1.29, 1.82) is 0 Å². The van der Waals surface area contributed by atoms with Gasteiger partial charge in [0, 0.05) is 26.4 Å². The van der Waals surface area contributed by atoms with Crippen molar-refractivity contribution in [3.63, 3.8) is 0 Å². The largest absolute Gasteiger partial charge is 0.323 e. The molecule has 0 aliphatic heterocycles. The number of hydrogen-bond acceptors (Lipinski definition) is 2. The summed E-state index contributed by atoms with van der Waals surface area (Å²) < 4.78 is 17.6. The number of allylic oxidation sites excluding steroid dienone is 1. The molecule has 3 heteroatoms. The van der Waals surface area contributed by atoms with Gasteiger partial charge in [0.2, 0.25) is 0 Å². The fourth-order valence-electron chi connectivity index (χ4n) is 1.75. The van der Waals surface area contributed by atoms with Gasteiger partial charge in [-0.05, 0) is 37.8 Å². The quantitative estimate of drug-likeness (QED) is 0.238. The highest BCUT2D eigenvalue weighted by Crippen LogP contribution is 2.57. The van der Waals surface area contributed by atoms with Gasteiger partial charge in [0.15, 0.2) is 0 Å². The van der Waals surface area contributed by atoms with Crippen LogP contribution in [0.5, 0.6) is 0 Å². The molecule has 0 saturated carbocycles. The van der Waals surface area contributed by atoms with E-state index in [1.165, 1.54) is 13.5 Å². The molecular formula is C19H31O2P. The summed E-state index contributed by atoms with van der Waals surface area (Å²) in [6.07, 6.45) is 10.1. The first-order valence-corrected chi connectivity index (χ1v) is 9.72. The van der Waals surface area contributed by atoms with Crippen molar-refractivity contribution < 1.29 is 9.09 Å². The maximum Gasteiger partial charge on any atom is 0.278 e. The van der Waals surface area contributed by atoms with Crippen LogP contribution in [0.2, 0.25) is 0 Å². The maximum atomic E-state index is 12.5. The zero-order chi connectivity index (χ0) is 16.9. The van der Waals surface area contributed by atoms with Crippen LogP contribution in [0.1, 0.15) is 72.1 Å².